The van der Waals surface area contributed by atoms with E-state index in [2.05, 4.69) is 37.7 Å². The maximum Gasteiger partial charge on any atom is 0.229 e. The van der Waals surface area contributed by atoms with Crippen LogP contribution in [0.4, 0.5) is 23.1 Å². The SMILES string of the molecule is Cc1cc2cc(Nc3ccnc(Nc4cccc(CS(C)(=O)=O)c4)n3)ccc2[nH]1. The van der Waals surface area contributed by atoms with Gasteiger partial charge in [0.05, 0.1) is 5.75 Å². The number of aromatic amines is 1. The van der Waals surface area contributed by atoms with Crippen LogP contribution < -0.4 is 10.6 Å². The lowest BCUT2D eigenvalue weighted by Gasteiger charge is -2.09. The molecule has 0 aliphatic heterocycles. The number of fused-ring (bicyclic) bond motifs is 1. The maximum absolute atomic E-state index is 11.5. The van der Waals surface area contributed by atoms with Gasteiger partial charge in [-0.15, -0.1) is 0 Å². The molecule has 2 aromatic heterocycles. The van der Waals surface area contributed by atoms with Gasteiger partial charge in [0.25, 0.3) is 0 Å². The number of aryl methyl sites for hydroxylation is 1. The zero-order valence-electron chi connectivity index (χ0n) is 16.1. The minimum absolute atomic E-state index is 0.00786. The van der Waals surface area contributed by atoms with Crippen LogP contribution in [0.5, 0.6) is 0 Å². The molecule has 0 atom stereocenters. The van der Waals surface area contributed by atoms with Crippen molar-refractivity contribution in [2.75, 3.05) is 16.9 Å². The number of aromatic nitrogens is 3. The van der Waals surface area contributed by atoms with E-state index in [9.17, 15) is 8.42 Å². The molecular formula is C21H21N5O2S. The van der Waals surface area contributed by atoms with Gasteiger partial charge in [0.1, 0.15) is 5.82 Å². The molecule has 0 bridgehead atoms. The van der Waals surface area contributed by atoms with E-state index in [1.54, 1.807) is 30.5 Å². The lowest BCUT2D eigenvalue weighted by molar-refractivity contribution is 0.601. The zero-order valence-corrected chi connectivity index (χ0v) is 16.9. The number of H-pyrrole nitrogens is 1. The monoisotopic (exact) mass is 407 g/mol. The summed E-state index contributed by atoms with van der Waals surface area (Å²) in [5.74, 6) is 1.07. The first-order valence-corrected chi connectivity index (χ1v) is 11.1. The van der Waals surface area contributed by atoms with E-state index in [1.165, 1.54) is 6.26 Å². The van der Waals surface area contributed by atoms with Gasteiger partial charge in [0.2, 0.25) is 5.95 Å². The average molecular weight is 407 g/mol. The largest absolute Gasteiger partial charge is 0.359 e. The normalized spacial score (nSPS) is 11.5. The van der Waals surface area contributed by atoms with Crippen molar-refractivity contribution >= 4 is 43.9 Å². The topological polar surface area (TPSA) is 99.8 Å². The van der Waals surface area contributed by atoms with E-state index < -0.39 is 9.84 Å². The fraction of sp³-hybridized carbons (Fsp3) is 0.143. The highest BCUT2D eigenvalue weighted by atomic mass is 32.2. The van der Waals surface area contributed by atoms with Gasteiger partial charge in [-0.05, 0) is 55.0 Å². The molecule has 2 aromatic carbocycles. The first-order valence-electron chi connectivity index (χ1n) is 9.07. The Kier molecular flexibility index (Phi) is 4.94. The summed E-state index contributed by atoms with van der Waals surface area (Å²) in [6.07, 6.45) is 2.88. The van der Waals surface area contributed by atoms with Gasteiger partial charge < -0.3 is 15.6 Å². The number of hydrogen-bond donors (Lipinski definition) is 3. The summed E-state index contributed by atoms with van der Waals surface area (Å²) in [5, 5.41) is 7.54. The van der Waals surface area contributed by atoms with Crippen LogP contribution in [0.2, 0.25) is 0 Å². The van der Waals surface area contributed by atoms with E-state index in [1.807, 2.05) is 25.1 Å². The third-order valence-electron chi connectivity index (χ3n) is 4.30. The second kappa shape index (κ2) is 7.56. The summed E-state index contributed by atoms with van der Waals surface area (Å²) in [6.45, 7) is 2.03. The summed E-state index contributed by atoms with van der Waals surface area (Å²) < 4.78 is 23.0. The predicted octanol–water partition coefficient (Wildman–Crippen LogP) is 4.30. The van der Waals surface area contributed by atoms with Gasteiger partial charge in [-0.1, -0.05) is 12.1 Å². The molecule has 4 rings (SSSR count). The van der Waals surface area contributed by atoms with Gasteiger partial charge in [0, 0.05) is 40.4 Å². The lowest BCUT2D eigenvalue weighted by Crippen LogP contribution is -2.03. The van der Waals surface area contributed by atoms with Crippen LogP contribution in [0, 0.1) is 6.92 Å². The molecule has 0 saturated heterocycles. The molecule has 0 aliphatic rings. The van der Waals surface area contributed by atoms with Crippen LogP contribution >= 0.6 is 0 Å². The van der Waals surface area contributed by atoms with Crippen molar-refractivity contribution in [2.45, 2.75) is 12.7 Å². The summed E-state index contributed by atoms with van der Waals surface area (Å²) >= 11 is 0. The third-order valence-corrected chi connectivity index (χ3v) is 5.15. The molecule has 0 radical (unpaired) electrons. The first-order chi connectivity index (χ1) is 13.8. The van der Waals surface area contributed by atoms with Crippen molar-refractivity contribution in [1.82, 2.24) is 15.0 Å². The van der Waals surface area contributed by atoms with Crippen molar-refractivity contribution in [2.24, 2.45) is 0 Å². The Morgan fingerprint density at radius 1 is 1.00 bits per heavy atom. The van der Waals surface area contributed by atoms with Crippen molar-refractivity contribution < 1.29 is 8.42 Å². The van der Waals surface area contributed by atoms with Crippen LogP contribution in [0.15, 0.2) is 60.8 Å². The molecule has 29 heavy (non-hydrogen) atoms. The average Bonchev–Trinajstić information content (AvgIpc) is 3.00. The van der Waals surface area contributed by atoms with Gasteiger partial charge in [-0.3, -0.25) is 0 Å². The Bertz CT molecular complexity index is 1280. The molecule has 0 amide bonds. The van der Waals surface area contributed by atoms with Crippen LogP contribution in [0.1, 0.15) is 11.3 Å². The second-order valence-corrected chi connectivity index (χ2v) is 9.18. The Hall–Kier alpha value is -3.39. The molecule has 0 aliphatic carbocycles. The van der Waals surface area contributed by atoms with E-state index in [0.29, 0.717) is 17.3 Å². The summed E-state index contributed by atoms with van der Waals surface area (Å²) in [4.78, 5) is 12.0. The second-order valence-electron chi connectivity index (χ2n) is 7.04. The Labute approximate surface area is 169 Å². The van der Waals surface area contributed by atoms with Gasteiger partial charge in [-0.2, -0.15) is 4.98 Å². The minimum Gasteiger partial charge on any atom is -0.359 e. The number of rotatable bonds is 6. The number of sulfone groups is 1. The Morgan fingerprint density at radius 3 is 2.66 bits per heavy atom. The molecule has 7 nitrogen and oxygen atoms in total. The van der Waals surface area contributed by atoms with Crippen molar-refractivity contribution in [1.29, 1.82) is 0 Å². The fourth-order valence-corrected chi connectivity index (χ4v) is 3.95. The molecule has 0 unspecified atom stereocenters. The number of anilines is 4. The quantitative estimate of drug-likeness (QED) is 0.441. The number of hydrogen-bond acceptors (Lipinski definition) is 6. The van der Waals surface area contributed by atoms with Crippen molar-refractivity contribution in [3.05, 3.63) is 72.1 Å². The maximum atomic E-state index is 11.5. The zero-order chi connectivity index (χ0) is 20.4. The number of nitrogens with one attached hydrogen (secondary N) is 3. The van der Waals surface area contributed by atoms with Gasteiger partial charge in [-0.25, -0.2) is 13.4 Å². The van der Waals surface area contributed by atoms with Gasteiger partial charge in [0.15, 0.2) is 9.84 Å². The molecular weight excluding hydrogens is 386 g/mol. The Morgan fingerprint density at radius 2 is 1.83 bits per heavy atom. The molecule has 3 N–H and O–H groups in total. The highest BCUT2D eigenvalue weighted by Crippen LogP contribution is 2.23. The number of nitrogens with zero attached hydrogens (tertiary/aromatic N) is 2. The molecule has 0 spiro atoms. The number of benzene rings is 2. The Balaban J connectivity index is 1.52. The van der Waals surface area contributed by atoms with E-state index in [-0.39, 0.29) is 5.75 Å². The summed E-state index contributed by atoms with van der Waals surface area (Å²) in [5.41, 5.74) is 4.57. The van der Waals surface area contributed by atoms with Crippen LogP contribution in [-0.2, 0) is 15.6 Å². The molecule has 8 heteroatoms. The molecule has 4 aromatic rings. The molecule has 0 saturated carbocycles. The van der Waals surface area contributed by atoms with E-state index in [0.717, 1.165) is 28.0 Å². The molecule has 2 heterocycles. The highest BCUT2D eigenvalue weighted by Gasteiger charge is 2.07. The standard InChI is InChI=1S/C21H21N5O2S/c1-14-10-16-12-18(6-7-19(16)23-14)24-20-8-9-22-21(26-20)25-17-5-3-4-15(11-17)13-29(2,27)28/h3-12,23H,13H2,1-2H3,(H2,22,24,25,26). The van der Waals surface area contributed by atoms with Crippen molar-refractivity contribution in [3.8, 4) is 0 Å². The smallest absolute Gasteiger partial charge is 0.229 e. The van der Waals surface area contributed by atoms with Crippen LogP contribution in [-0.4, -0.2) is 29.6 Å². The fourth-order valence-electron chi connectivity index (χ4n) is 3.16. The van der Waals surface area contributed by atoms with Crippen LogP contribution in [0.3, 0.4) is 0 Å². The van der Waals surface area contributed by atoms with Crippen LogP contribution in [0.25, 0.3) is 10.9 Å². The molecule has 0 fully saturated rings. The van der Waals surface area contributed by atoms with E-state index >= 15 is 0 Å². The third kappa shape index (κ3) is 4.91. The first kappa shape index (κ1) is 18.9. The van der Waals surface area contributed by atoms with E-state index in [4.69, 9.17) is 0 Å². The summed E-state index contributed by atoms with van der Waals surface area (Å²) in [7, 11) is -3.09. The molecule has 148 valence electrons. The minimum atomic E-state index is -3.09. The summed E-state index contributed by atoms with van der Waals surface area (Å²) in [6, 6.07) is 17.2. The van der Waals surface area contributed by atoms with Crippen molar-refractivity contribution in [3.63, 3.8) is 0 Å². The highest BCUT2D eigenvalue weighted by molar-refractivity contribution is 7.89. The lowest BCUT2D eigenvalue weighted by atomic mass is 10.2. The van der Waals surface area contributed by atoms with Gasteiger partial charge >= 0.3 is 0 Å². The predicted molar refractivity (Wildman–Crippen MR) is 117 cm³/mol.